The molecular weight excluding hydrogens is 287 g/mol. The molecule has 0 radical (unpaired) electrons. The molecule has 1 aromatic carbocycles. The van der Waals surface area contributed by atoms with Gasteiger partial charge in [0.25, 0.3) is 0 Å². The first-order chi connectivity index (χ1) is 9.36. The molecule has 1 saturated carbocycles. The second-order valence-corrected chi connectivity index (χ2v) is 6.10. The first-order valence-electron chi connectivity index (χ1n) is 6.93. The molecule has 0 spiro atoms. The van der Waals surface area contributed by atoms with Gasteiger partial charge in [-0.1, -0.05) is 30.2 Å². The minimum Gasteiger partial charge on any atom is -0.327 e. The fraction of sp³-hybridized carbons (Fsp3) is 0.600. The maximum absolute atomic E-state index is 12.8. The van der Waals surface area contributed by atoms with Crippen LogP contribution in [-0.4, -0.2) is 12.2 Å². The van der Waals surface area contributed by atoms with Gasteiger partial charge in [-0.05, 0) is 49.3 Å². The Labute approximate surface area is 122 Å². The van der Waals surface area contributed by atoms with Gasteiger partial charge in [0.15, 0.2) is 0 Å². The van der Waals surface area contributed by atoms with Crippen LogP contribution in [0.5, 0.6) is 0 Å². The Balaban J connectivity index is 1.97. The molecule has 0 bridgehead atoms. The summed E-state index contributed by atoms with van der Waals surface area (Å²) in [5, 5.41) is 0.631. The molecule has 0 heterocycles. The normalized spacial score (nSPS) is 25.4. The quantitative estimate of drug-likeness (QED) is 0.869. The molecule has 1 aliphatic rings. The van der Waals surface area contributed by atoms with Gasteiger partial charge in [0.05, 0.1) is 5.92 Å². The standard InChI is InChI=1S/C15H19ClF3N/c16-13-6-1-3-10(7-13)8-14(20)11-4-2-5-12(9-11)15(17,18)19/h1,3,6-7,11-12,14H,2,4-5,8-9,20H2. The van der Waals surface area contributed by atoms with Gasteiger partial charge in [0, 0.05) is 11.1 Å². The molecule has 0 saturated heterocycles. The van der Waals surface area contributed by atoms with Crippen molar-refractivity contribution in [2.75, 3.05) is 0 Å². The molecule has 2 rings (SSSR count). The molecule has 112 valence electrons. The van der Waals surface area contributed by atoms with Gasteiger partial charge in [0.1, 0.15) is 0 Å². The second-order valence-electron chi connectivity index (χ2n) is 5.66. The van der Waals surface area contributed by atoms with Crippen LogP contribution in [0.1, 0.15) is 31.2 Å². The highest BCUT2D eigenvalue weighted by atomic mass is 35.5. The van der Waals surface area contributed by atoms with Crippen LogP contribution in [0.4, 0.5) is 13.2 Å². The lowest BCUT2D eigenvalue weighted by atomic mass is 9.76. The highest BCUT2D eigenvalue weighted by Crippen LogP contribution is 2.41. The SMILES string of the molecule is NC(Cc1cccc(Cl)c1)C1CCCC(C(F)(F)F)C1. The number of hydrogen-bond donors (Lipinski definition) is 1. The summed E-state index contributed by atoms with van der Waals surface area (Å²) >= 11 is 5.91. The van der Waals surface area contributed by atoms with E-state index in [-0.39, 0.29) is 24.8 Å². The molecule has 5 heteroatoms. The van der Waals surface area contributed by atoms with E-state index in [2.05, 4.69) is 0 Å². The number of rotatable bonds is 3. The predicted octanol–water partition coefficient (Wildman–Crippen LogP) is 4.58. The largest absolute Gasteiger partial charge is 0.391 e. The summed E-state index contributed by atoms with van der Waals surface area (Å²) in [5.74, 6) is -1.25. The number of benzene rings is 1. The second kappa shape index (κ2) is 6.35. The van der Waals surface area contributed by atoms with Crippen molar-refractivity contribution in [3.05, 3.63) is 34.9 Å². The molecule has 20 heavy (non-hydrogen) atoms. The highest BCUT2D eigenvalue weighted by molar-refractivity contribution is 6.30. The maximum Gasteiger partial charge on any atom is 0.391 e. The summed E-state index contributed by atoms with van der Waals surface area (Å²) in [4.78, 5) is 0. The number of alkyl halides is 3. The Bertz CT molecular complexity index is 447. The first-order valence-corrected chi connectivity index (χ1v) is 7.31. The average molecular weight is 306 g/mol. The van der Waals surface area contributed by atoms with Crippen molar-refractivity contribution >= 4 is 11.6 Å². The van der Waals surface area contributed by atoms with Gasteiger partial charge in [-0.2, -0.15) is 13.2 Å². The summed E-state index contributed by atoms with van der Waals surface area (Å²) in [5.41, 5.74) is 7.11. The monoisotopic (exact) mass is 305 g/mol. The molecule has 0 aromatic heterocycles. The Morgan fingerprint density at radius 1 is 1.30 bits per heavy atom. The smallest absolute Gasteiger partial charge is 0.327 e. The van der Waals surface area contributed by atoms with Gasteiger partial charge >= 0.3 is 6.18 Å². The van der Waals surface area contributed by atoms with Crippen LogP contribution >= 0.6 is 11.6 Å². The van der Waals surface area contributed by atoms with Gasteiger partial charge in [-0.3, -0.25) is 0 Å². The van der Waals surface area contributed by atoms with Crippen LogP contribution in [0.15, 0.2) is 24.3 Å². The van der Waals surface area contributed by atoms with Gasteiger partial charge in [-0.25, -0.2) is 0 Å². The lowest BCUT2D eigenvalue weighted by Gasteiger charge is -2.33. The fourth-order valence-corrected chi connectivity index (χ4v) is 3.23. The fourth-order valence-electron chi connectivity index (χ4n) is 3.02. The lowest BCUT2D eigenvalue weighted by Crippen LogP contribution is -2.38. The molecular formula is C15H19ClF3N. The molecule has 2 N–H and O–H groups in total. The zero-order valence-electron chi connectivity index (χ0n) is 11.2. The Kier molecular flexibility index (Phi) is 4.97. The van der Waals surface area contributed by atoms with Crippen molar-refractivity contribution < 1.29 is 13.2 Å². The van der Waals surface area contributed by atoms with Crippen molar-refractivity contribution in [1.82, 2.24) is 0 Å². The summed E-state index contributed by atoms with van der Waals surface area (Å²) < 4.78 is 38.4. The zero-order chi connectivity index (χ0) is 14.8. The molecule has 3 atom stereocenters. The number of halogens is 4. The van der Waals surface area contributed by atoms with Crippen LogP contribution < -0.4 is 5.73 Å². The predicted molar refractivity (Wildman–Crippen MR) is 74.6 cm³/mol. The van der Waals surface area contributed by atoms with E-state index in [1.165, 1.54) is 0 Å². The third-order valence-electron chi connectivity index (χ3n) is 4.14. The zero-order valence-corrected chi connectivity index (χ0v) is 11.9. The van der Waals surface area contributed by atoms with Crippen LogP contribution in [-0.2, 0) is 6.42 Å². The third kappa shape index (κ3) is 4.13. The van der Waals surface area contributed by atoms with Crippen molar-refractivity contribution in [3.8, 4) is 0 Å². The topological polar surface area (TPSA) is 26.0 Å². The van der Waals surface area contributed by atoms with Crippen molar-refractivity contribution in [1.29, 1.82) is 0 Å². The first kappa shape index (κ1) is 15.6. The summed E-state index contributed by atoms with van der Waals surface area (Å²) in [6, 6.07) is 7.11. The Hall–Kier alpha value is -0.740. The van der Waals surface area contributed by atoms with E-state index >= 15 is 0 Å². The Morgan fingerprint density at radius 2 is 2.05 bits per heavy atom. The van der Waals surface area contributed by atoms with Crippen molar-refractivity contribution in [2.24, 2.45) is 17.6 Å². The lowest BCUT2D eigenvalue weighted by molar-refractivity contribution is -0.186. The molecule has 1 nitrogen and oxygen atoms in total. The van der Waals surface area contributed by atoms with Crippen LogP contribution in [0.3, 0.4) is 0 Å². The van der Waals surface area contributed by atoms with E-state index in [0.717, 1.165) is 12.0 Å². The Morgan fingerprint density at radius 3 is 2.70 bits per heavy atom. The van der Waals surface area contributed by atoms with E-state index in [9.17, 15) is 13.2 Å². The summed E-state index contributed by atoms with van der Waals surface area (Å²) in [6.45, 7) is 0. The van der Waals surface area contributed by atoms with Crippen molar-refractivity contribution in [2.45, 2.75) is 44.3 Å². The molecule has 0 amide bonds. The van der Waals surface area contributed by atoms with E-state index in [1.54, 1.807) is 6.07 Å². The molecule has 1 aromatic rings. The van der Waals surface area contributed by atoms with Gasteiger partial charge in [0.2, 0.25) is 0 Å². The molecule has 1 aliphatic carbocycles. The van der Waals surface area contributed by atoms with Gasteiger partial charge < -0.3 is 5.73 Å². The summed E-state index contributed by atoms with van der Waals surface area (Å²) in [6.07, 6.45) is -1.72. The maximum atomic E-state index is 12.8. The van der Waals surface area contributed by atoms with Crippen LogP contribution in [0.2, 0.25) is 5.02 Å². The molecule has 1 fully saturated rings. The number of nitrogens with two attached hydrogens (primary N) is 1. The minimum absolute atomic E-state index is 0.0608. The van der Waals surface area contributed by atoms with Crippen LogP contribution in [0.25, 0.3) is 0 Å². The van der Waals surface area contributed by atoms with E-state index in [1.807, 2.05) is 18.2 Å². The van der Waals surface area contributed by atoms with Crippen molar-refractivity contribution in [3.63, 3.8) is 0 Å². The number of hydrogen-bond acceptors (Lipinski definition) is 1. The van der Waals surface area contributed by atoms with Crippen LogP contribution in [0, 0.1) is 11.8 Å². The van der Waals surface area contributed by atoms with E-state index in [0.29, 0.717) is 17.9 Å². The average Bonchev–Trinajstić information content (AvgIpc) is 2.38. The van der Waals surface area contributed by atoms with E-state index in [4.69, 9.17) is 17.3 Å². The highest BCUT2D eigenvalue weighted by Gasteiger charge is 2.43. The molecule has 3 unspecified atom stereocenters. The minimum atomic E-state index is -4.09. The third-order valence-corrected chi connectivity index (χ3v) is 4.38. The summed E-state index contributed by atoms with van der Waals surface area (Å²) in [7, 11) is 0. The van der Waals surface area contributed by atoms with E-state index < -0.39 is 12.1 Å². The van der Waals surface area contributed by atoms with Gasteiger partial charge in [-0.15, -0.1) is 0 Å². The molecule has 0 aliphatic heterocycles.